The van der Waals surface area contributed by atoms with Crippen LogP contribution in [0.1, 0.15) is 62.7 Å². The standard InChI is InChI=1S/C15H20O7/c1-14(2,3)21-12(18)9-7-8(16)10(17)11(20-9)13(19)22-15(4,5)6/h7,17H,1-6H3. The third-order valence-electron chi connectivity index (χ3n) is 2.11. The Balaban J connectivity index is 3.23. The first-order chi connectivity index (χ1) is 9.80. The van der Waals surface area contributed by atoms with Crippen LogP contribution in [0.5, 0.6) is 5.75 Å². The minimum Gasteiger partial charge on any atom is -0.501 e. The highest BCUT2D eigenvalue weighted by Gasteiger charge is 2.28. The van der Waals surface area contributed by atoms with Gasteiger partial charge in [-0.25, -0.2) is 9.59 Å². The van der Waals surface area contributed by atoms with E-state index in [1.807, 2.05) is 0 Å². The van der Waals surface area contributed by atoms with Crippen LogP contribution >= 0.6 is 0 Å². The minimum atomic E-state index is -1.05. The fourth-order valence-electron chi connectivity index (χ4n) is 1.38. The molecule has 0 aliphatic heterocycles. The lowest BCUT2D eigenvalue weighted by atomic mass is 10.2. The molecular formula is C15H20O7. The van der Waals surface area contributed by atoms with Gasteiger partial charge in [0.25, 0.3) is 5.76 Å². The summed E-state index contributed by atoms with van der Waals surface area (Å²) < 4.78 is 15.1. The van der Waals surface area contributed by atoms with E-state index in [0.717, 1.165) is 6.07 Å². The van der Waals surface area contributed by atoms with Gasteiger partial charge in [-0.05, 0) is 41.5 Å². The molecule has 0 aliphatic rings. The molecule has 0 atom stereocenters. The van der Waals surface area contributed by atoms with Gasteiger partial charge in [-0.2, -0.15) is 0 Å². The normalized spacial score (nSPS) is 11.9. The van der Waals surface area contributed by atoms with Crippen LogP contribution in [0.3, 0.4) is 0 Å². The fraction of sp³-hybridized carbons (Fsp3) is 0.533. The van der Waals surface area contributed by atoms with Crippen LogP contribution < -0.4 is 5.43 Å². The van der Waals surface area contributed by atoms with E-state index in [1.54, 1.807) is 41.5 Å². The molecule has 0 saturated heterocycles. The van der Waals surface area contributed by atoms with Crippen LogP contribution in [0, 0.1) is 0 Å². The van der Waals surface area contributed by atoms with Crippen LogP contribution in [0.15, 0.2) is 15.3 Å². The molecule has 0 saturated carbocycles. The number of ether oxygens (including phenoxy) is 2. The van der Waals surface area contributed by atoms with E-state index in [-0.39, 0.29) is 0 Å². The summed E-state index contributed by atoms with van der Waals surface area (Å²) >= 11 is 0. The van der Waals surface area contributed by atoms with Crippen molar-refractivity contribution in [1.82, 2.24) is 0 Å². The first-order valence-corrected chi connectivity index (χ1v) is 6.64. The average Bonchev–Trinajstić information content (AvgIpc) is 2.27. The number of esters is 2. The van der Waals surface area contributed by atoms with Gasteiger partial charge < -0.3 is 19.0 Å². The predicted octanol–water partition coefficient (Wildman–Crippen LogP) is 2.26. The van der Waals surface area contributed by atoms with Crippen LogP contribution in [-0.4, -0.2) is 28.2 Å². The van der Waals surface area contributed by atoms with Gasteiger partial charge in [0.1, 0.15) is 11.2 Å². The van der Waals surface area contributed by atoms with Crippen LogP contribution in [0.25, 0.3) is 0 Å². The maximum atomic E-state index is 11.9. The van der Waals surface area contributed by atoms with Crippen molar-refractivity contribution in [3.63, 3.8) is 0 Å². The van der Waals surface area contributed by atoms with Gasteiger partial charge in [-0.15, -0.1) is 0 Å². The second kappa shape index (κ2) is 5.82. The Morgan fingerprint density at radius 2 is 1.45 bits per heavy atom. The predicted molar refractivity (Wildman–Crippen MR) is 77.0 cm³/mol. The molecule has 0 amide bonds. The second-order valence-electron chi connectivity index (χ2n) is 6.66. The zero-order valence-corrected chi connectivity index (χ0v) is 13.5. The quantitative estimate of drug-likeness (QED) is 0.835. The van der Waals surface area contributed by atoms with Crippen molar-refractivity contribution in [2.75, 3.05) is 0 Å². The van der Waals surface area contributed by atoms with Crippen molar-refractivity contribution in [3.05, 3.63) is 27.8 Å². The van der Waals surface area contributed by atoms with Crippen molar-refractivity contribution < 1.29 is 28.6 Å². The lowest BCUT2D eigenvalue weighted by Crippen LogP contribution is -2.26. The van der Waals surface area contributed by atoms with E-state index >= 15 is 0 Å². The molecular weight excluding hydrogens is 292 g/mol. The molecule has 1 N–H and O–H groups in total. The molecule has 0 aromatic carbocycles. The Labute approximate surface area is 127 Å². The number of rotatable bonds is 2. The fourth-order valence-corrected chi connectivity index (χ4v) is 1.38. The van der Waals surface area contributed by atoms with Crippen molar-refractivity contribution >= 4 is 11.9 Å². The highest BCUT2D eigenvalue weighted by Crippen LogP contribution is 2.20. The molecule has 1 heterocycles. The Hall–Kier alpha value is -2.31. The molecule has 0 bridgehead atoms. The van der Waals surface area contributed by atoms with Crippen LogP contribution in [-0.2, 0) is 9.47 Å². The Kier molecular flexibility index (Phi) is 4.70. The highest BCUT2D eigenvalue weighted by molar-refractivity contribution is 5.92. The smallest absolute Gasteiger partial charge is 0.378 e. The molecule has 0 spiro atoms. The summed E-state index contributed by atoms with van der Waals surface area (Å²) in [5, 5.41) is 9.64. The molecule has 7 heteroatoms. The van der Waals surface area contributed by atoms with Gasteiger partial charge in [0.2, 0.25) is 16.9 Å². The van der Waals surface area contributed by atoms with E-state index in [4.69, 9.17) is 13.9 Å². The molecule has 0 fully saturated rings. The number of hydrogen-bond donors (Lipinski definition) is 1. The third kappa shape index (κ3) is 4.91. The maximum absolute atomic E-state index is 11.9. The monoisotopic (exact) mass is 312 g/mol. The van der Waals surface area contributed by atoms with Gasteiger partial charge in [0, 0.05) is 6.07 Å². The molecule has 0 aliphatic carbocycles. The minimum absolute atomic E-state index is 0.487. The average molecular weight is 312 g/mol. The molecule has 1 aromatic heterocycles. The van der Waals surface area contributed by atoms with Gasteiger partial charge in [-0.1, -0.05) is 0 Å². The van der Waals surface area contributed by atoms with E-state index in [1.165, 1.54) is 0 Å². The van der Waals surface area contributed by atoms with E-state index < -0.39 is 45.8 Å². The summed E-state index contributed by atoms with van der Waals surface area (Å²) in [5.74, 6) is -4.11. The molecule has 0 unspecified atom stereocenters. The maximum Gasteiger partial charge on any atom is 0.378 e. The topological polar surface area (TPSA) is 103 Å². The number of hydrogen-bond acceptors (Lipinski definition) is 7. The van der Waals surface area contributed by atoms with Gasteiger partial charge in [0.05, 0.1) is 0 Å². The summed E-state index contributed by atoms with van der Waals surface area (Å²) in [6.45, 7) is 9.74. The van der Waals surface area contributed by atoms with E-state index in [0.29, 0.717) is 0 Å². The summed E-state index contributed by atoms with van der Waals surface area (Å²) in [6.07, 6.45) is 0. The molecule has 122 valence electrons. The zero-order valence-electron chi connectivity index (χ0n) is 13.5. The van der Waals surface area contributed by atoms with Crippen molar-refractivity contribution in [3.8, 4) is 5.75 Å². The summed E-state index contributed by atoms with van der Waals surface area (Å²) in [6, 6.07) is 0.761. The Bertz CT molecular complexity index is 641. The highest BCUT2D eigenvalue weighted by atomic mass is 16.6. The van der Waals surface area contributed by atoms with Gasteiger partial charge >= 0.3 is 11.9 Å². The number of carbonyl (C=O) groups excluding carboxylic acids is 2. The molecule has 0 radical (unpaired) electrons. The summed E-state index contributed by atoms with van der Waals surface area (Å²) in [7, 11) is 0. The first-order valence-electron chi connectivity index (χ1n) is 6.64. The molecule has 7 nitrogen and oxygen atoms in total. The Morgan fingerprint density at radius 1 is 1.00 bits per heavy atom. The van der Waals surface area contributed by atoms with Crippen LogP contribution in [0.4, 0.5) is 0 Å². The lowest BCUT2D eigenvalue weighted by molar-refractivity contribution is -0.000439. The number of carbonyl (C=O) groups is 2. The second-order valence-corrected chi connectivity index (χ2v) is 6.66. The Morgan fingerprint density at radius 3 is 1.91 bits per heavy atom. The van der Waals surface area contributed by atoms with Gasteiger partial charge in [-0.3, -0.25) is 4.79 Å². The molecule has 22 heavy (non-hydrogen) atoms. The van der Waals surface area contributed by atoms with Crippen molar-refractivity contribution in [2.24, 2.45) is 0 Å². The third-order valence-corrected chi connectivity index (χ3v) is 2.11. The zero-order chi connectivity index (χ0) is 17.3. The lowest BCUT2D eigenvalue weighted by Gasteiger charge is -2.20. The van der Waals surface area contributed by atoms with Gasteiger partial charge in [0.15, 0.2) is 0 Å². The van der Waals surface area contributed by atoms with Crippen LogP contribution in [0.2, 0.25) is 0 Å². The largest absolute Gasteiger partial charge is 0.501 e. The molecule has 1 aromatic rings. The molecule has 1 rings (SSSR count). The summed E-state index contributed by atoms with van der Waals surface area (Å²) in [4.78, 5) is 35.5. The van der Waals surface area contributed by atoms with E-state index in [2.05, 4.69) is 0 Å². The van der Waals surface area contributed by atoms with E-state index in [9.17, 15) is 19.5 Å². The summed E-state index contributed by atoms with van der Waals surface area (Å²) in [5.41, 5.74) is -2.60. The SMILES string of the molecule is CC(C)(C)OC(=O)c1cc(=O)c(O)c(C(=O)OC(C)(C)C)o1. The number of aromatic hydroxyl groups is 1. The van der Waals surface area contributed by atoms with Crippen molar-refractivity contribution in [1.29, 1.82) is 0 Å². The van der Waals surface area contributed by atoms with Crippen molar-refractivity contribution in [2.45, 2.75) is 52.7 Å². The first kappa shape index (κ1) is 17.7.